The van der Waals surface area contributed by atoms with Crippen LogP contribution in [-0.4, -0.2) is 35.4 Å². The van der Waals surface area contributed by atoms with Crippen molar-refractivity contribution in [2.24, 2.45) is 0 Å². The zero-order valence-corrected chi connectivity index (χ0v) is 12.1. The van der Waals surface area contributed by atoms with Crippen molar-refractivity contribution in [1.82, 2.24) is 25.7 Å². The molecule has 0 saturated heterocycles. The summed E-state index contributed by atoms with van der Waals surface area (Å²) in [5.74, 6) is 0. The van der Waals surface area contributed by atoms with E-state index < -0.39 is 10.0 Å². The van der Waals surface area contributed by atoms with Crippen molar-refractivity contribution in [3.05, 3.63) is 16.8 Å². The molecule has 0 radical (unpaired) electrons. The van der Waals surface area contributed by atoms with E-state index in [1.165, 1.54) is 17.5 Å². The lowest BCUT2D eigenvalue weighted by Crippen LogP contribution is -2.18. The fourth-order valence-corrected chi connectivity index (χ4v) is 3.38. The highest BCUT2D eigenvalue weighted by atomic mass is 32.2. The summed E-state index contributed by atoms with van der Waals surface area (Å²) in [4.78, 5) is 0. The highest BCUT2D eigenvalue weighted by Gasteiger charge is 2.22. The van der Waals surface area contributed by atoms with Crippen molar-refractivity contribution in [3.8, 4) is 0 Å². The molecule has 2 rings (SSSR count). The number of aromatic nitrogens is 4. The minimum atomic E-state index is -3.72. The van der Waals surface area contributed by atoms with Gasteiger partial charge in [0.2, 0.25) is 5.13 Å². The normalized spacial score (nSPS) is 11.7. The summed E-state index contributed by atoms with van der Waals surface area (Å²) in [6, 6.07) is 0. The Morgan fingerprint density at radius 1 is 1.42 bits per heavy atom. The molecule has 19 heavy (non-hydrogen) atoms. The summed E-state index contributed by atoms with van der Waals surface area (Å²) >= 11 is 1.17. The molecule has 0 spiro atoms. The fourth-order valence-electron chi connectivity index (χ4n) is 1.42. The predicted molar refractivity (Wildman–Crippen MR) is 71.4 cm³/mol. The maximum Gasteiger partial charge on any atom is 0.280 e. The van der Waals surface area contributed by atoms with Crippen molar-refractivity contribution < 1.29 is 8.42 Å². The molecule has 0 unspecified atom stereocenters. The maximum atomic E-state index is 12.2. The molecule has 0 bridgehead atoms. The molecule has 2 heterocycles. The SMILES string of the molecule is CCNCc1cn[nH]c1S(=O)(=O)Nc1nnc(C)s1. The van der Waals surface area contributed by atoms with Crippen molar-refractivity contribution in [3.63, 3.8) is 0 Å². The van der Waals surface area contributed by atoms with E-state index in [4.69, 9.17) is 0 Å². The lowest BCUT2D eigenvalue weighted by atomic mass is 10.3. The van der Waals surface area contributed by atoms with Crippen LogP contribution in [0.15, 0.2) is 11.2 Å². The van der Waals surface area contributed by atoms with Crippen LogP contribution in [0, 0.1) is 6.92 Å². The number of hydrogen-bond acceptors (Lipinski definition) is 7. The molecule has 0 aliphatic rings. The summed E-state index contributed by atoms with van der Waals surface area (Å²) in [5, 5.41) is 17.8. The van der Waals surface area contributed by atoms with E-state index in [1.54, 1.807) is 6.92 Å². The first-order valence-electron chi connectivity index (χ1n) is 5.59. The molecular weight excluding hydrogens is 288 g/mol. The van der Waals surface area contributed by atoms with Crippen LogP contribution in [0.3, 0.4) is 0 Å². The van der Waals surface area contributed by atoms with Crippen LogP contribution >= 0.6 is 11.3 Å². The van der Waals surface area contributed by atoms with Gasteiger partial charge in [-0.05, 0) is 13.5 Å². The third kappa shape index (κ3) is 3.28. The molecule has 10 heteroatoms. The van der Waals surface area contributed by atoms with Gasteiger partial charge in [0.15, 0.2) is 5.03 Å². The van der Waals surface area contributed by atoms with Gasteiger partial charge in [-0.15, -0.1) is 10.2 Å². The Bertz CT molecular complexity index is 647. The third-order valence-electron chi connectivity index (χ3n) is 2.26. The Morgan fingerprint density at radius 2 is 2.21 bits per heavy atom. The molecular formula is C9H14N6O2S2. The summed E-state index contributed by atoms with van der Waals surface area (Å²) < 4.78 is 26.7. The van der Waals surface area contributed by atoms with Crippen LogP contribution in [0.2, 0.25) is 0 Å². The number of nitrogens with zero attached hydrogens (tertiary/aromatic N) is 3. The summed E-state index contributed by atoms with van der Waals surface area (Å²) in [5.41, 5.74) is 0.579. The van der Waals surface area contributed by atoms with Gasteiger partial charge in [-0.1, -0.05) is 18.3 Å². The molecule has 104 valence electrons. The third-order valence-corrected chi connectivity index (χ3v) is 4.50. The second-order valence-electron chi connectivity index (χ2n) is 3.74. The predicted octanol–water partition coefficient (Wildman–Crippen LogP) is 0.480. The molecule has 2 aromatic heterocycles. The minimum absolute atomic E-state index is 0.0429. The second kappa shape index (κ2) is 5.63. The average molecular weight is 302 g/mol. The van der Waals surface area contributed by atoms with Gasteiger partial charge in [0, 0.05) is 12.1 Å². The molecule has 3 N–H and O–H groups in total. The van der Waals surface area contributed by atoms with Gasteiger partial charge in [0.05, 0.1) is 6.20 Å². The molecule has 2 aromatic rings. The summed E-state index contributed by atoms with van der Waals surface area (Å²) in [6.07, 6.45) is 1.49. The zero-order valence-electron chi connectivity index (χ0n) is 10.5. The van der Waals surface area contributed by atoms with E-state index in [2.05, 4.69) is 30.4 Å². The fraction of sp³-hybridized carbons (Fsp3) is 0.444. The molecule has 0 fully saturated rings. The van der Waals surface area contributed by atoms with Gasteiger partial charge < -0.3 is 5.32 Å². The molecule has 0 aliphatic carbocycles. The number of H-pyrrole nitrogens is 1. The van der Waals surface area contributed by atoms with Crippen LogP contribution < -0.4 is 10.0 Å². The number of sulfonamides is 1. The average Bonchev–Trinajstić information content (AvgIpc) is 2.95. The molecule has 0 atom stereocenters. The number of rotatable bonds is 6. The van der Waals surface area contributed by atoms with E-state index in [9.17, 15) is 8.42 Å². The lowest BCUT2D eigenvalue weighted by molar-refractivity contribution is 0.594. The van der Waals surface area contributed by atoms with E-state index in [-0.39, 0.29) is 10.2 Å². The first-order valence-corrected chi connectivity index (χ1v) is 7.88. The minimum Gasteiger partial charge on any atom is -0.313 e. The van der Waals surface area contributed by atoms with Crippen molar-refractivity contribution >= 4 is 26.5 Å². The van der Waals surface area contributed by atoms with Crippen LogP contribution in [0.1, 0.15) is 17.5 Å². The topological polar surface area (TPSA) is 113 Å². The van der Waals surface area contributed by atoms with Gasteiger partial charge in [-0.2, -0.15) is 13.5 Å². The van der Waals surface area contributed by atoms with Crippen molar-refractivity contribution in [1.29, 1.82) is 0 Å². The smallest absolute Gasteiger partial charge is 0.280 e. The number of aryl methyl sites for hydroxylation is 1. The molecule has 0 aliphatic heterocycles. The van der Waals surface area contributed by atoms with E-state index >= 15 is 0 Å². The first kappa shape index (κ1) is 13.9. The quantitative estimate of drug-likeness (QED) is 0.715. The summed E-state index contributed by atoms with van der Waals surface area (Å²) in [6.45, 7) is 4.87. The molecule has 0 amide bonds. The van der Waals surface area contributed by atoms with E-state index in [0.717, 1.165) is 6.54 Å². The number of aromatic amines is 1. The van der Waals surface area contributed by atoms with Gasteiger partial charge in [-0.25, -0.2) is 0 Å². The highest BCUT2D eigenvalue weighted by molar-refractivity contribution is 7.92. The molecule has 8 nitrogen and oxygen atoms in total. The van der Waals surface area contributed by atoms with Crippen LogP contribution in [-0.2, 0) is 16.6 Å². The van der Waals surface area contributed by atoms with Gasteiger partial charge >= 0.3 is 0 Å². The van der Waals surface area contributed by atoms with Crippen LogP contribution in [0.5, 0.6) is 0 Å². The van der Waals surface area contributed by atoms with Crippen LogP contribution in [0.25, 0.3) is 0 Å². The maximum absolute atomic E-state index is 12.2. The van der Waals surface area contributed by atoms with Gasteiger partial charge in [-0.3, -0.25) is 9.82 Å². The molecule has 0 saturated carbocycles. The number of nitrogens with one attached hydrogen (secondary N) is 3. The Hall–Kier alpha value is -1.52. The lowest BCUT2D eigenvalue weighted by Gasteiger charge is -2.05. The Kier molecular flexibility index (Phi) is 4.12. The number of hydrogen-bond donors (Lipinski definition) is 3. The van der Waals surface area contributed by atoms with Crippen molar-refractivity contribution in [2.75, 3.05) is 11.3 Å². The second-order valence-corrected chi connectivity index (χ2v) is 6.54. The van der Waals surface area contributed by atoms with E-state index in [1.807, 2.05) is 6.92 Å². The monoisotopic (exact) mass is 302 g/mol. The van der Waals surface area contributed by atoms with Crippen molar-refractivity contribution in [2.45, 2.75) is 25.4 Å². The zero-order chi connectivity index (χ0) is 13.9. The Balaban J connectivity index is 2.22. The Morgan fingerprint density at radius 3 is 2.84 bits per heavy atom. The molecule has 0 aromatic carbocycles. The van der Waals surface area contributed by atoms with E-state index in [0.29, 0.717) is 17.1 Å². The van der Waals surface area contributed by atoms with Crippen LogP contribution in [0.4, 0.5) is 5.13 Å². The summed E-state index contributed by atoms with van der Waals surface area (Å²) in [7, 11) is -3.72. The largest absolute Gasteiger partial charge is 0.313 e. The van der Waals surface area contributed by atoms with Gasteiger partial charge in [0.1, 0.15) is 5.01 Å². The number of anilines is 1. The highest BCUT2D eigenvalue weighted by Crippen LogP contribution is 2.20. The van der Waals surface area contributed by atoms with Gasteiger partial charge in [0.25, 0.3) is 10.0 Å². The standard InChI is InChI=1S/C9H14N6O2S2/c1-3-10-4-7-5-11-13-8(7)19(16,17)15-9-14-12-6(2)18-9/h5,10H,3-4H2,1-2H3,(H,11,13)(H,14,15). The Labute approximate surface area is 114 Å². The first-order chi connectivity index (χ1) is 9.03.